The number of phenolic OH excluding ortho intramolecular Hbond substituents is 1. The molecule has 0 radical (unpaired) electrons. The zero-order chi connectivity index (χ0) is 13.1. The second-order valence-corrected chi connectivity index (χ2v) is 5.23. The Bertz CT molecular complexity index is 573. The van der Waals surface area contributed by atoms with Gasteiger partial charge in [0.15, 0.2) is 11.5 Å². The van der Waals surface area contributed by atoms with E-state index in [1.807, 2.05) is 18.4 Å². The topological polar surface area (TPSA) is 29.5 Å². The molecule has 2 aromatic rings. The van der Waals surface area contributed by atoms with Crippen molar-refractivity contribution in [1.29, 1.82) is 0 Å². The molecule has 0 amide bonds. The Hall–Kier alpha value is -1.03. The molecule has 0 spiro atoms. The van der Waals surface area contributed by atoms with Crippen LogP contribution >= 0.6 is 35.0 Å². The fourth-order valence-corrected chi connectivity index (χ4v) is 2.27. The molecule has 0 aliphatic carbocycles. The summed E-state index contributed by atoms with van der Waals surface area (Å²) >= 11 is 13.5. The van der Waals surface area contributed by atoms with Gasteiger partial charge in [0.2, 0.25) is 0 Å². The highest BCUT2D eigenvalue weighted by Gasteiger charge is 2.08. The highest BCUT2D eigenvalue weighted by Crippen LogP contribution is 2.37. The van der Waals surface area contributed by atoms with Crippen LogP contribution in [0.5, 0.6) is 17.2 Å². The van der Waals surface area contributed by atoms with Gasteiger partial charge in [-0.25, -0.2) is 0 Å². The van der Waals surface area contributed by atoms with Gasteiger partial charge in [-0.3, -0.25) is 0 Å². The van der Waals surface area contributed by atoms with E-state index in [4.69, 9.17) is 27.9 Å². The first kappa shape index (κ1) is 13.4. The number of hydrogen-bond donors (Lipinski definition) is 1. The van der Waals surface area contributed by atoms with E-state index in [0.717, 1.165) is 4.90 Å². The van der Waals surface area contributed by atoms with Crippen molar-refractivity contribution in [3.05, 3.63) is 46.4 Å². The predicted molar refractivity (Wildman–Crippen MR) is 76.4 cm³/mol. The molecule has 18 heavy (non-hydrogen) atoms. The molecule has 0 bridgehead atoms. The number of rotatable bonds is 3. The molecule has 0 heterocycles. The third-order valence-corrected chi connectivity index (χ3v) is 3.54. The summed E-state index contributed by atoms with van der Waals surface area (Å²) in [5, 5.41) is 10.6. The number of phenols is 1. The molecular weight excluding hydrogens is 291 g/mol. The quantitative estimate of drug-likeness (QED) is 0.789. The van der Waals surface area contributed by atoms with Gasteiger partial charge in [-0.15, -0.1) is 11.8 Å². The van der Waals surface area contributed by atoms with Crippen LogP contribution < -0.4 is 4.74 Å². The summed E-state index contributed by atoms with van der Waals surface area (Å²) in [7, 11) is 0. The molecule has 0 saturated carbocycles. The highest BCUT2D eigenvalue weighted by molar-refractivity contribution is 7.98. The van der Waals surface area contributed by atoms with Gasteiger partial charge in [0.05, 0.1) is 5.02 Å². The van der Waals surface area contributed by atoms with Crippen LogP contribution in [0, 0.1) is 0 Å². The van der Waals surface area contributed by atoms with E-state index in [1.165, 1.54) is 12.1 Å². The summed E-state index contributed by atoms with van der Waals surface area (Å²) in [6, 6.07) is 10.1. The van der Waals surface area contributed by atoms with Crippen molar-refractivity contribution in [2.75, 3.05) is 6.26 Å². The summed E-state index contributed by atoms with van der Waals surface area (Å²) in [5.74, 6) is 0.776. The second-order valence-electron chi connectivity index (χ2n) is 3.51. The SMILES string of the molecule is CSc1ccc(Oc2cc(Cl)ccc2O)c(Cl)c1. The summed E-state index contributed by atoms with van der Waals surface area (Å²) in [6.45, 7) is 0. The second kappa shape index (κ2) is 5.74. The van der Waals surface area contributed by atoms with Crippen LogP contribution in [0.3, 0.4) is 0 Å². The molecule has 1 N–H and O–H groups in total. The Kier molecular flexibility index (Phi) is 4.27. The Morgan fingerprint density at radius 2 is 1.83 bits per heavy atom. The molecule has 2 nitrogen and oxygen atoms in total. The van der Waals surface area contributed by atoms with Crippen LogP contribution in [0.15, 0.2) is 41.3 Å². The van der Waals surface area contributed by atoms with Crippen molar-refractivity contribution in [1.82, 2.24) is 0 Å². The molecule has 2 aromatic carbocycles. The number of benzene rings is 2. The van der Waals surface area contributed by atoms with E-state index >= 15 is 0 Å². The first-order valence-electron chi connectivity index (χ1n) is 5.10. The lowest BCUT2D eigenvalue weighted by atomic mass is 10.3. The normalized spacial score (nSPS) is 10.4. The number of thioether (sulfide) groups is 1. The van der Waals surface area contributed by atoms with Gasteiger partial charge in [0.1, 0.15) is 5.75 Å². The molecule has 0 atom stereocenters. The summed E-state index contributed by atoms with van der Waals surface area (Å²) < 4.78 is 5.54. The zero-order valence-corrected chi connectivity index (χ0v) is 11.8. The van der Waals surface area contributed by atoms with Crippen molar-refractivity contribution in [2.45, 2.75) is 4.90 Å². The molecule has 0 unspecified atom stereocenters. The van der Waals surface area contributed by atoms with Crippen LogP contribution in [0.4, 0.5) is 0 Å². The average Bonchev–Trinajstić information content (AvgIpc) is 2.36. The van der Waals surface area contributed by atoms with E-state index in [1.54, 1.807) is 23.9 Å². The van der Waals surface area contributed by atoms with E-state index in [2.05, 4.69) is 0 Å². The number of halogens is 2. The van der Waals surface area contributed by atoms with Crippen LogP contribution in [-0.4, -0.2) is 11.4 Å². The van der Waals surface area contributed by atoms with Crippen molar-refractivity contribution in [3.63, 3.8) is 0 Å². The lowest BCUT2D eigenvalue weighted by molar-refractivity contribution is 0.411. The highest BCUT2D eigenvalue weighted by atomic mass is 35.5. The Morgan fingerprint density at radius 1 is 1.06 bits per heavy atom. The maximum Gasteiger partial charge on any atom is 0.170 e. The van der Waals surface area contributed by atoms with Gasteiger partial charge in [-0.2, -0.15) is 0 Å². The Labute approximate surface area is 119 Å². The predicted octanol–water partition coefficient (Wildman–Crippen LogP) is 5.21. The molecule has 0 aliphatic rings. The Balaban J connectivity index is 2.31. The smallest absolute Gasteiger partial charge is 0.170 e. The lowest BCUT2D eigenvalue weighted by Gasteiger charge is -2.10. The minimum absolute atomic E-state index is 0.0180. The minimum Gasteiger partial charge on any atom is -0.504 e. The monoisotopic (exact) mass is 300 g/mol. The van der Waals surface area contributed by atoms with Crippen LogP contribution in [0.2, 0.25) is 10.0 Å². The third-order valence-electron chi connectivity index (χ3n) is 2.28. The third kappa shape index (κ3) is 3.05. The van der Waals surface area contributed by atoms with Gasteiger partial charge in [0, 0.05) is 16.0 Å². The Morgan fingerprint density at radius 3 is 2.50 bits per heavy atom. The minimum atomic E-state index is 0.0180. The number of ether oxygens (including phenoxy) is 1. The maximum absolute atomic E-state index is 9.66. The van der Waals surface area contributed by atoms with Crippen molar-refractivity contribution in [3.8, 4) is 17.2 Å². The zero-order valence-electron chi connectivity index (χ0n) is 9.48. The molecule has 0 aromatic heterocycles. The van der Waals surface area contributed by atoms with Crippen LogP contribution in [0.1, 0.15) is 0 Å². The van der Waals surface area contributed by atoms with Crippen molar-refractivity contribution < 1.29 is 9.84 Å². The first-order chi connectivity index (χ1) is 8.60. The fourth-order valence-electron chi connectivity index (χ4n) is 1.38. The summed E-state index contributed by atoms with van der Waals surface area (Å²) in [6.07, 6.45) is 1.97. The van der Waals surface area contributed by atoms with E-state index < -0.39 is 0 Å². The van der Waals surface area contributed by atoms with Gasteiger partial charge in [-0.1, -0.05) is 23.2 Å². The largest absolute Gasteiger partial charge is 0.504 e. The molecule has 2 rings (SSSR count). The lowest BCUT2D eigenvalue weighted by Crippen LogP contribution is -1.86. The molecule has 0 aliphatic heterocycles. The van der Waals surface area contributed by atoms with Gasteiger partial charge >= 0.3 is 0 Å². The van der Waals surface area contributed by atoms with Crippen molar-refractivity contribution >= 4 is 35.0 Å². The summed E-state index contributed by atoms with van der Waals surface area (Å²) in [5.41, 5.74) is 0. The molecule has 0 saturated heterocycles. The van der Waals surface area contributed by atoms with Gasteiger partial charge < -0.3 is 9.84 Å². The van der Waals surface area contributed by atoms with E-state index in [-0.39, 0.29) is 11.5 Å². The molecular formula is C13H10Cl2O2S. The number of aromatic hydroxyl groups is 1. The average molecular weight is 301 g/mol. The van der Waals surface area contributed by atoms with E-state index in [9.17, 15) is 5.11 Å². The maximum atomic E-state index is 9.66. The number of hydrogen-bond acceptors (Lipinski definition) is 3. The first-order valence-corrected chi connectivity index (χ1v) is 7.08. The fraction of sp³-hybridized carbons (Fsp3) is 0.0769. The van der Waals surface area contributed by atoms with Gasteiger partial charge in [0.25, 0.3) is 0 Å². The molecule has 94 valence electrons. The molecule has 5 heteroatoms. The van der Waals surface area contributed by atoms with E-state index in [0.29, 0.717) is 15.8 Å². The standard InChI is InChI=1S/C13H10Cl2O2S/c1-18-9-3-5-12(10(15)7-9)17-13-6-8(14)2-4-11(13)16/h2-7,16H,1H3. The van der Waals surface area contributed by atoms with Crippen molar-refractivity contribution in [2.24, 2.45) is 0 Å². The van der Waals surface area contributed by atoms with Crippen LogP contribution in [-0.2, 0) is 0 Å². The van der Waals surface area contributed by atoms with Gasteiger partial charge in [-0.05, 0) is 36.6 Å². The summed E-state index contributed by atoms with van der Waals surface area (Å²) in [4.78, 5) is 1.04. The molecule has 0 fully saturated rings. The van der Waals surface area contributed by atoms with Crippen LogP contribution in [0.25, 0.3) is 0 Å².